The molecule has 0 heterocycles. The summed E-state index contributed by atoms with van der Waals surface area (Å²) < 4.78 is 36.2. The van der Waals surface area contributed by atoms with Crippen molar-refractivity contribution in [1.82, 2.24) is 0 Å². The summed E-state index contributed by atoms with van der Waals surface area (Å²) in [6.07, 6.45) is 3.63. The average Bonchev–Trinajstić information content (AvgIpc) is 2.76. The Kier molecular flexibility index (Phi) is 9.52. The van der Waals surface area contributed by atoms with Crippen LogP contribution in [0.15, 0.2) is 48.5 Å². The van der Waals surface area contributed by atoms with E-state index in [9.17, 15) is 18.0 Å². The third kappa shape index (κ3) is 7.88. The maximum absolute atomic E-state index is 12.5. The first kappa shape index (κ1) is 25.2. The van der Waals surface area contributed by atoms with Gasteiger partial charge in [0, 0.05) is 5.69 Å². The summed E-state index contributed by atoms with van der Waals surface area (Å²) in [5.74, 6) is -0.312. The van der Waals surface area contributed by atoms with Crippen molar-refractivity contribution in [3.63, 3.8) is 0 Å². The fourth-order valence-corrected chi connectivity index (χ4v) is 3.60. The topological polar surface area (TPSA) is 102 Å². The number of nitrogens with one attached hydrogen (secondary N) is 1. The van der Waals surface area contributed by atoms with E-state index >= 15 is 0 Å². The van der Waals surface area contributed by atoms with Crippen LogP contribution in [0.1, 0.15) is 43.5 Å². The number of benzene rings is 2. The van der Waals surface area contributed by atoms with Crippen molar-refractivity contribution in [2.24, 2.45) is 0 Å². The molecule has 2 aromatic carbocycles. The Morgan fingerprint density at radius 2 is 1.59 bits per heavy atom. The molecule has 0 fully saturated rings. The quantitative estimate of drug-likeness (QED) is 0.380. The van der Waals surface area contributed by atoms with E-state index in [1.54, 1.807) is 48.5 Å². The molecule has 0 bridgehead atoms. The van der Waals surface area contributed by atoms with Gasteiger partial charge in [-0.25, -0.2) is 13.2 Å². The molecule has 0 aliphatic carbocycles. The Hall–Kier alpha value is -3.07. The van der Waals surface area contributed by atoms with Crippen LogP contribution >= 0.6 is 0 Å². The molecular weight excluding hydrogens is 432 g/mol. The van der Waals surface area contributed by atoms with Gasteiger partial charge in [-0.15, -0.1) is 0 Å². The molecule has 0 saturated carbocycles. The van der Waals surface area contributed by atoms with E-state index in [1.165, 1.54) is 0 Å². The van der Waals surface area contributed by atoms with Crippen molar-refractivity contribution in [3.8, 4) is 5.75 Å². The van der Waals surface area contributed by atoms with E-state index < -0.39 is 28.4 Å². The number of sulfonamides is 1. The normalized spacial score (nSPS) is 11.0. The summed E-state index contributed by atoms with van der Waals surface area (Å²) in [7, 11) is -3.69. The maximum Gasteiger partial charge on any atom is 0.338 e. The van der Waals surface area contributed by atoms with Crippen molar-refractivity contribution < 1.29 is 27.5 Å². The average molecular weight is 463 g/mol. The van der Waals surface area contributed by atoms with Gasteiger partial charge in [0.1, 0.15) is 12.3 Å². The first-order valence-corrected chi connectivity index (χ1v) is 12.4. The number of unbranched alkanes of at least 4 members (excludes halogenated alkanes) is 1. The van der Waals surface area contributed by atoms with E-state index in [-0.39, 0.29) is 0 Å². The fraction of sp³-hybridized carbons (Fsp3) is 0.391. The molecule has 9 heteroatoms. The lowest BCUT2D eigenvalue weighted by molar-refractivity contribution is -0.114. The van der Waals surface area contributed by atoms with E-state index in [4.69, 9.17) is 9.47 Å². The molecule has 0 aliphatic heterocycles. The number of carbonyl (C=O) groups is 2. The number of hydrogen-bond acceptors (Lipinski definition) is 6. The van der Waals surface area contributed by atoms with Crippen molar-refractivity contribution in [3.05, 3.63) is 54.1 Å². The number of ether oxygens (including phenoxy) is 2. The van der Waals surface area contributed by atoms with Crippen LogP contribution in [-0.2, 0) is 19.6 Å². The highest BCUT2D eigenvalue weighted by Crippen LogP contribution is 2.22. The van der Waals surface area contributed by atoms with Crippen LogP contribution in [0, 0.1) is 0 Å². The molecule has 1 amide bonds. The standard InChI is InChI=1S/C23H30N2O6S/c1-4-6-16-31-23(27)18-7-9-19(10-8-18)24-22(26)17-25(32(3,28)29)20-11-13-21(14-12-20)30-15-5-2/h7-14H,4-6,15-17H2,1-3H3,(H,24,26). The number of carbonyl (C=O) groups excluding carboxylic acids is 2. The molecule has 0 aliphatic rings. The van der Waals surface area contributed by atoms with Gasteiger partial charge in [0.15, 0.2) is 0 Å². The highest BCUT2D eigenvalue weighted by Gasteiger charge is 2.21. The van der Waals surface area contributed by atoms with Gasteiger partial charge in [0.25, 0.3) is 0 Å². The molecule has 2 aromatic rings. The predicted molar refractivity (Wildman–Crippen MR) is 125 cm³/mol. The van der Waals surface area contributed by atoms with E-state index in [0.717, 1.165) is 29.8 Å². The third-order valence-electron chi connectivity index (χ3n) is 4.42. The lowest BCUT2D eigenvalue weighted by atomic mass is 10.2. The molecule has 0 saturated heterocycles. The Balaban J connectivity index is 2.02. The lowest BCUT2D eigenvalue weighted by Crippen LogP contribution is -2.37. The van der Waals surface area contributed by atoms with Gasteiger partial charge < -0.3 is 14.8 Å². The summed E-state index contributed by atoms with van der Waals surface area (Å²) in [6.45, 7) is 4.53. The zero-order chi connectivity index (χ0) is 23.6. The minimum absolute atomic E-state index is 0.358. The first-order chi connectivity index (χ1) is 15.2. The molecule has 8 nitrogen and oxygen atoms in total. The monoisotopic (exact) mass is 462 g/mol. The number of rotatable bonds is 12. The van der Waals surface area contributed by atoms with Crippen LogP contribution in [0.4, 0.5) is 11.4 Å². The Morgan fingerprint density at radius 3 is 2.16 bits per heavy atom. The van der Waals surface area contributed by atoms with Crippen molar-refractivity contribution in [1.29, 1.82) is 0 Å². The molecule has 0 atom stereocenters. The van der Waals surface area contributed by atoms with Crippen molar-refractivity contribution >= 4 is 33.3 Å². The van der Waals surface area contributed by atoms with E-state index in [1.807, 2.05) is 13.8 Å². The molecule has 0 unspecified atom stereocenters. The molecule has 1 N–H and O–H groups in total. The fourth-order valence-electron chi connectivity index (χ4n) is 2.74. The van der Waals surface area contributed by atoms with E-state index in [2.05, 4.69) is 5.32 Å². The zero-order valence-corrected chi connectivity index (χ0v) is 19.5. The SMILES string of the molecule is CCCCOC(=O)c1ccc(NC(=O)CN(c2ccc(OCCC)cc2)S(C)(=O)=O)cc1. The Labute approximate surface area is 189 Å². The number of nitrogens with zero attached hydrogens (tertiary/aromatic N) is 1. The zero-order valence-electron chi connectivity index (χ0n) is 18.7. The maximum atomic E-state index is 12.5. The second-order valence-electron chi connectivity index (χ2n) is 7.23. The Morgan fingerprint density at radius 1 is 0.938 bits per heavy atom. The van der Waals surface area contributed by atoms with Crippen LogP contribution in [0.3, 0.4) is 0 Å². The molecule has 174 valence electrons. The van der Waals surface area contributed by atoms with Crippen molar-refractivity contribution in [2.45, 2.75) is 33.1 Å². The third-order valence-corrected chi connectivity index (χ3v) is 5.56. The van der Waals surface area contributed by atoms with Crippen LogP contribution < -0.4 is 14.4 Å². The van der Waals surface area contributed by atoms with Crippen LogP contribution in [-0.4, -0.2) is 46.3 Å². The largest absolute Gasteiger partial charge is 0.494 e. The lowest BCUT2D eigenvalue weighted by Gasteiger charge is -2.22. The summed E-state index contributed by atoms with van der Waals surface area (Å²) in [6, 6.07) is 12.8. The molecule has 0 spiro atoms. The number of esters is 1. The molecule has 32 heavy (non-hydrogen) atoms. The number of hydrogen-bond donors (Lipinski definition) is 1. The van der Waals surface area contributed by atoms with Gasteiger partial charge >= 0.3 is 5.97 Å². The van der Waals surface area contributed by atoms with Gasteiger partial charge in [0.2, 0.25) is 15.9 Å². The smallest absolute Gasteiger partial charge is 0.338 e. The highest BCUT2D eigenvalue weighted by atomic mass is 32.2. The molecule has 0 aromatic heterocycles. The summed E-state index contributed by atoms with van der Waals surface area (Å²) in [5.41, 5.74) is 1.18. The van der Waals surface area contributed by atoms with Crippen LogP contribution in [0.25, 0.3) is 0 Å². The minimum atomic E-state index is -3.69. The summed E-state index contributed by atoms with van der Waals surface area (Å²) in [5, 5.41) is 2.65. The number of anilines is 2. The van der Waals surface area contributed by atoms with Gasteiger partial charge in [-0.1, -0.05) is 20.3 Å². The highest BCUT2D eigenvalue weighted by molar-refractivity contribution is 7.92. The predicted octanol–water partition coefficient (Wildman–Crippen LogP) is 3.84. The second-order valence-corrected chi connectivity index (χ2v) is 9.13. The van der Waals surface area contributed by atoms with Gasteiger partial charge in [-0.05, 0) is 61.4 Å². The minimum Gasteiger partial charge on any atom is -0.494 e. The summed E-state index contributed by atoms with van der Waals surface area (Å²) >= 11 is 0. The molecular formula is C23H30N2O6S. The van der Waals surface area contributed by atoms with Gasteiger partial charge in [0.05, 0.1) is 30.7 Å². The Bertz CT molecular complexity index is 988. The second kappa shape index (κ2) is 12.1. The van der Waals surface area contributed by atoms with Crippen LogP contribution in [0.2, 0.25) is 0 Å². The van der Waals surface area contributed by atoms with E-state index in [0.29, 0.717) is 35.9 Å². The summed E-state index contributed by atoms with van der Waals surface area (Å²) in [4.78, 5) is 24.5. The van der Waals surface area contributed by atoms with Gasteiger partial charge in [-0.2, -0.15) is 0 Å². The van der Waals surface area contributed by atoms with Gasteiger partial charge in [-0.3, -0.25) is 9.10 Å². The first-order valence-electron chi connectivity index (χ1n) is 10.5. The number of amides is 1. The van der Waals surface area contributed by atoms with Crippen molar-refractivity contribution in [2.75, 3.05) is 35.6 Å². The molecule has 0 radical (unpaired) electrons. The molecule has 2 rings (SSSR count). The van der Waals surface area contributed by atoms with Crippen LogP contribution in [0.5, 0.6) is 5.75 Å².